The van der Waals surface area contributed by atoms with E-state index in [0.717, 1.165) is 6.54 Å². The van der Waals surface area contributed by atoms with Crippen LogP contribution in [-0.4, -0.2) is 37.2 Å². The van der Waals surface area contributed by atoms with Crippen molar-refractivity contribution in [3.63, 3.8) is 0 Å². The van der Waals surface area contributed by atoms with Gasteiger partial charge >= 0.3 is 5.97 Å². The smallest absolute Gasteiger partial charge is 0.335 e. The Balaban J connectivity index is 1.96. The van der Waals surface area contributed by atoms with Gasteiger partial charge in [-0.1, -0.05) is 0 Å². The van der Waals surface area contributed by atoms with E-state index in [4.69, 9.17) is 9.84 Å². The Bertz CT molecular complexity index is 512. The van der Waals surface area contributed by atoms with Gasteiger partial charge in [0.05, 0.1) is 24.9 Å². The molecule has 3 N–H and O–H groups in total. The molecule has 1 aliphatic rings. The van der Waals surface area contributed by atoms with E-state index in [0.29, 0.717) is 17.4 Å². The van der Waals surface area contributed by atoms with Crippen LogP contribution in [0.5, 0.6) is 5.75 Å². The summed E-state index contributed by atoms with van der Waals surface area (Å²) >= 11 is 0. The van der Waals surface area contributed by atoms with Crippen molar-refractivity contribution < 1.29 is 19.4 Å². The lowest BCUT2D eigenvalue weighted by atomic mass is 10.2. The number of aromatic carboxylic acids is 1. The summed E-state index contributed by atoms with van der Waals surface area (Å²) in [6.07, 6.45) is 2.45. The van der Waals surface area contributed by atoms with Crippen LogP contribution in [0.1, 0.15) is 23.2 Å². The van der Waals surface area contributed by atoms with E-state index in [-0.39, 0.29) is 18.0 Å². The van der Waals surface area contributed by atoms with Gasteiger partial charge < -0.3 is 20.5 Å². The number of nitrogens with one attached hydrogen (secondary N) is 2. The molecular weight excluding hydrogens is 260 g/mol. The topological polar surface area (TPSA) is 87.7 Å². The fourth-order valence-corrected chi connectivity index (χ4v) is 1.84. The molecule has 0 aromatic heterocycles. The lowest BCUT2D eigenvalue weighted by Crippen LogP contribution is -2.29. The lowest BCUT2D eigenvalue weighted by Gasteiger charge is -2.11. The van der Waals surface area contributed by atoms with Gasteiger partial charge in [-0.05, 0) is 43.5 Å². The number of hydrogen-bond donors (Lipinski definition) is 3. The molecule has 108 valence electrons. The number of methoxy groups -OCH3 is 1. The van der Waals surface area contributed by atoms with Gasteiger partial charge in [0.25, 0.3) is 0 Å². The van der Waals surface area contributed by atoms with Gasteiger partial charge in [0.2, 0.25) is 5.91 Å². The number of carbonyl (C=O) groups excluding carboxylic acids is 1. The predicted molar refractivity (Wildman–Crippen MR) is 74.2 cm³/mol. The van der Waals surface area contributed by atoms with Gasteiger partial charge in [0.15, 0.2) is 0 Å². The summed E-state index contributed by atoms with van der Waals surface area (Å²) in [5.74, 6) is -0.125. The minimum atomic E-state index is -1.05. The van der Waals surface area contributed by atoms with E-state index in [1.165, 1.54) is 38.2 Å². The standard InChI is InChI=1S/C14H18N2O4/c1-20-12-5-4-10(14(18)19)6-11(12)16-13(17)8-15-7-9-2-3-9/h4-6,9,15H,2-3,7-8H2,1H3,(H,16,17)(H,18,19). The number of benzene rings is 1. The van der Waals surface area contributed by atoms with Gasteiger partial charge in [-0.2, -0.15) is 0 Å². The average molecular weight is 278 g/mol. The number of carboxylic acid groups (broad SMARTS) is 1. The highest BCUT2D eigenvalue weighted by molar-refractivity contribution is 5.96. The summed E-state index contributed by atoms with van der Waals surface area (Å²) in [4.78, 5) is 22.7. The molecule has 0 radical (unpaired) electrons. The highest BCUT2D eigenvalue weighted by Gasteiger charge is 2.20. The Morgan fingerprint density at radius 3 is 2.75 bits per heavy atom. The van der Waals surface area contributed by atoms with E-state index < -0.39 is 5.97 Å². The molecule has 1 saturated carbocycles. The predicted octanol–water partition coefficient (Wildman–Crippen LogP) is 1.33. The third kappa shape index (κ3) is 3.96. The Labute approximate surface area is 117 Å². The maximum absolute atomic E-state index is 11.8. The molecule has 0 saturated heterocycles. The number of carboxylic acids is 1. The fraction of sp³-hybridized carbons (Fsp3) is 0.429. The summed E-state index contributed by atoms with van der Waals surface area (Å²) < 4.78 is 5.11. The molecule has 1 amide bonds. The minimum Gasteiger partial charge on any atom is -0.495 e. The van der Waals surface area contributed by atoms with Crippen molar-refractivity contribution in [2.75, 3.05) is 25.5 Å². The number of amides is 1. The SMILES string of the molecule is COc1ccc(C(=O)O)cc1NC(=O)CNCC1CC1. The molecule has 1 fully saturated rings. The Morgan fingerprint density at radius 2 is 2.15 bits per heavy atom. The number of ether oxygens (including phenoxy) is 1. The van der Waals surface area contributed by atoms with Crippen molar-refractivity contribution in [2.45, 2.75) is 12.8 Å². The van der Waals surface area contributed by atoms with E-state index in [2.05, 4.69) is 10.6 Å². The highest BCUT2D eigenvalue weighted by Crippen LogP contribution is 2.27. The summed E-state index contributed by atoms with van der Waals surface area (Å²) in [7, 11) is 1.47. The Kier molecular flexibility index (Phi) is 4.57. The molecule has 0 heterocycles. The molecule has 0 unspecified atom stereocenters. The van der Waals surface area contributed by atoms with Crippen molar-refractivity contribution in [1.82, 2.24) is 5.32 Å². The molecule has 6 nitrogen and oxygen atoms in total. The zero-order chi connectivity index (χ0) is 14.5. The van der Waals surface area contributed by atoms with E-state index in [1.807, 2.05) is 0 Å². The van der Waals surface area contributed by atoms with Crippen molar-refractivity contribution in [3.05, 3.63) is 23.8 Å². The molecule has 1 aromatic carbocycles. The second-order valence-electron chi connectivity index (χ2n) is 4.84. The molecule has 0 aliphatic heterocycles. The average Bonchev–Trinajstić information content (AvgIpc) is 3.22. The van der Waals surface area contributed by atoms with E-state index >= 15 is 0 Å². The van der Waals surface area contributed by atoms with Crippen LogP contribution in [0, 0.1) is 5.92 Å². The van der Waals surface area contributed by atoms with Crippen molar-refractivity contribution in [1.29, 1.82) is 0 Å². The van der Waals surface area contributed by atoms with Crippen LogP contribution in [0.2, 0.25) is 0 Å². The zero-order valence-electron chi connectivity index (χ0n) is 11.3. The molecule has 1 aliphatic carbocycles. The van der Waals surface area contributed by atoms with Gasteiger partial charge in [-0.25, -0.2) is 4.79 Å². The number of rotatable bonds is 7. The van der Waals surface area contributed by atoms with Crippen molar-refractivity contribution in [2.24, 2.45) is 5.92 Å². The van der Waals surface area contributed by atoms with Crippen molar-refractivity contribution >= 4 is 17.6 Å². The summed E-state index contributed by atoms with van der Waals surface area (Å²) in [5.41, 5.74) is 0.470. The van der Waals surface area contributed by atoms with Crippen LogP contribution >= 0.6 is 0 Å². The van der Waals surface area contributed by atoms with Gasteiger partial charge in [0, 0.05) is 0 Å². The number of carbonyl (C=O) groups is 2. The minimum absolute atomic E-state index is 0.104. The van der Waals surface area contributed by atoms with Crippen LogP contribution in [0.3, 0.4) is 0 Å². The van der Waals surface area contributed by atoms with Gasteiger partial charge in [0.1, 0.15) is 5.75 Å². The first-order valence-corrected chi connectivity index (χ1v) is 6.52. The first kappa shape index (κ1) is 14.3. The summed E-state index contributed by atoms with van der Waals surface area (Å²) in [6.45, 7) is 1.05. The number of anilines is 1. The number of hydrogen-bond acceptors (Lipinski definition) is 4. The van der Waals surface area contributed by atoms with E-state index in [9.17, 15) is 9.59 Å². The lowest BCUT2D eigenvalue weighted by molar-refractivity contribution is -0.115. The maximum atomic E-state index is 11.8. The summed E-state index contributed by atoms with van der Waals surface area (Å²) in [5, 5.41) is 14.7. The van der Waals surface area contributed by atoms with E-state index in [1.54, 1.807) is 0 Å². The zero-order valence-corrected chi connectivity index (χ0v) is 11.3. The van der Waals surface area contributed by atoms with Crippen LogP contribution in [0.15, 0.2) is 18.2 Å². The normalized spacial score (nSPS) is 13.8. The Morgan fingerprint density at radius 1 is 1.40 bits per heavy atom. The highest BCUT2D eigenvalue weighted by atomic mass is 16.5. The molecular formula is C14H18N2O4. The molecule has 6 heteroatoms. The third-order valence-electron chi connectivity index (χ3n) is 3.14. The van der Waals surface area contributed by atoms with Gasteiger partial charge in [-0.15, -0.1) is 0 Å². The molecule has 0 atom stereocenters. The largest absolute Gasteiger partial charge is 0.495 e. The first-order chi connectivity index (χ1) is 9.60. The second kappa shape index (κ2) is 6.38. The molecule has 0 bridgehead atoms. The van der Waals surface area contributed by atoms with Crippen LogP contribution in [0.4, 0.5) is 5.69 Å². The van der Waals surface area contributed by atoms with Crippen LogP contribution in [-0.2, 0) is 4.79 Å². The second-order valence-corrected chi connectivity index (χ2v) is 4.84. The molecule has 1 aromatic rings. The quantitative estimate of drug-likeness (QED) is 0.700. The van der Waals surface area contributed by atoms with Crippen LogP contribution in [0.25, 0.3) is 0 Å². The fourth-order valence-electron chi connectivity index (χ4n) is 1.84. The molecule has 2 rings (SSSR count). The molecule has 0 spiro atoms. The third-order valence-corrected chi connectivity index (χ3v) is 3.14. The Hall–Kier alpha value is -2.08. The van der Waals surface area contributed by atoms with Crippen LogP contribution < -0.4 is 15.4 Å². The van der Waals surface area contributed by atoms with Crippen molar-refractivity contribution in [3.8, 4) is 5.75 Å². The molecule has 20 heavy (non-hydrogen) atoms. The summed E-state index contributed by atoms with van der Waals surface area (Å²) in [6, 6.07) is 4.35. The van der Waals surface area contributed by atoms with Gasteiger partial charge in [-0.3, -0.25) is 4.79 Å². The maximum Gasteiger partial charge on any atom is 0.335 e. The monoisotopic (exact) mass is 278 g/mol. The first-order valence-electron chi connectivity index (χ1n) is 6.52.